The van der Waals surface area contributed by atoms with Crippen LogP contribution in [0.1, 0.15) is 57.2 Å². The first kappa shape index (κ1) is 33.4. The van der Waals surface area contributed by atoms with E-state index >= 15 is 0 Å². The molecule has 3 aromatic carbocycles. The molecule has 12 heteroatoms. The van der Waals surface area contributed by atoms with Crippen molar-refractivity contribution in [1.29, 1.82) is 5.41 Å². The number of hydrogen-bond donors (Lipinski definition) is 2. The molecule has 0 saturated carbocycles. The van der Waals surface area contributed by atoms with E-state index in [4.69, 9.17) is 15.9 Å². The maximum Gasteiger partial charge on any atom is 0.429 e. The van der Waals surface area contributed by atoms with Crippen molar-refractivity contribution >= 4 is 44.3 Å². The molecule has 1 unspecified atom stereocenters. The van der Waals surface area contributed by atoms with Crippen LogP contribution >= 0.6 is 0 Å². The number of piperidine rings is 1. The number of carbonyl (C=O) groups excluding carboxylic acids is 2. The molecule has 47 heavy (non-hydrogen) atoms. The average Bonchev–Trinajstić information content (AvgIpc) is 3.04. The Morgan fingerprint density at radius 3 is 2.23 bits per heavy atom. The third-order valence-electron chi connectivity index (χ3n) is 7.97. The van der Waals surface area contributed by atoms with Gasteiger partial charge in [0.1, 0.15) is 23.2 Å². The van der Waals surface area contributed by atoms with Crippen LogP contribution in [0, 0.1) is 5.41 Å². The van der Waals surface area contributed by atoms with Gasteiger partial charge in [0.05, 0.1) is 4.90 Å². The smallest absolute Gasteiger partial charge is 0.429 e. The van der Waals surface area contributed by atoms with E-state index in [2.05, 4.69) is 0 Å². The van der Waals surface area contributed by atoms with Gasteiger partial charge in [0.25, 0.3) is 15.6 Å². The number of amides is 2. The number of nitrogens with two attached hydrogens (primary N) is 1. The van der Waals surface area contributed by atoms with E-state index in [9.17, 15) is 22.8 Å². The molecular formula is C35H39N5O6S. The Kier molecular flexibility index (Phi) is 9.53. The standard InChI is InChI=1S/C35H39N5O6S/c1-35(2,3)46-34(43)40(47(44,45)28-18-17-25-10-5-6-11-27(25)23-28)29-12-9-21-39(33(29)42)30(32(41)38-19-7-4-8-20-38)22-24-13-15-26(16-14-24)31(36)37/h5-6,9-18,21,23,30H,4,7-8,19-20,22H2,1-3H3,(H3,36,37). The number of nitrogens with zero attached hydrogens (tertiary/aromatic N) is 3. The molecule has 0 bridgehead atoms. The molecule has 1 atom stereocenters. The molecule has 0 radical (unpaired) electrons. The highest BCUT2D eigenvalue weighted by molar-refractivity contribution is 7.93. The predicted octanol–water partition coefficient (Wildman–Crippen LogP) is 5.21. The number of sulfonamides is 1. The monoisotopic (exact) mass is 657 g/mol. The molecule has 246 valence electrons. The van der Waals surface area contributed by atoms with Crippen molar-refractivity contribution in [3.05, 3.63) is 107 Å². The van der Waals surface area contributed by atoms with Crippen molar-refractivity contribution < 1.29 is 22.7 Å². The number of nitrogens with one attached hydrogen (secondary N) is 1. The van der Waals surface area contributed by atoms with Crippen LogP contribution in [0.5, 0.6) is 0 Å². The van der Waals surface area contributed by atoms with E-state index in [0.717, 1.165) is 24.6 Å². The van der Waals surface area contributed by atoms with Gasteiger partial charge in [-0.05, 0) is 80.6 Å². The molecule has 1 fully saturated rings. The predicted molar refractivity (Wildman–Crippen MR) is 181 cm³/mol. The summed E-state index contributed by atoms with van der Waals surface area (Å²) < 4.78 is 35.7. The Morgan fingerprint density at radius 2 is 1.60 bits per heavy atom. The topological polar surface area (TPSA) is 156 Å². The summed E-state index contributed by atoms with van der Waals surface area (Å²) in [6.07, 6.45) is 2.93. The van der Waals surface area contributed by atoms with Crippen molar-refractivity contribution in [1.82, 2.24) is 9.47 Å². The summed E-state index contributed by atoms with van der Waals surface area (Å²) >= 11 is 0. The van der Waals surface area contributed by atoms with Crippen molar-refractivity contribution in [2.45, 2.75) is 63.0 Å². The lowest BCUT2D eigenvalue weighted by Crippen LogP contribution is -2.46. The maximum absolute atomic E-state index is 14.4. The normalized spacial score (nSPS) is 14.4. The van der Waals surface area contributed by atoms with Gasteiger partial charge in [-0.25, -0.2) is 13.2 Å². The van der Waals surface area contributed by atoms with Crippen LogP contribution in [-0.4, -0.2) is 54.4 Å². The molecule has 1 aliphatic heterocycles. The first-order chi connectivity index (χ1) is 22.3. The molecule has 4 aromatic rings. The van der Waals surface area contributed by atoms with Gasteiger partial charge >= 0.3 is 6.09 Å². The summed E-state index contributed by atoms with van der Waals surface area (Å²) in [5.74, 6) is -0.392. The summed E-state index contributed by atoms with van der Waals surface area (Å²) in [5, 5.41) is 9.13. The molecule has 5 rings (SSSR count). The highest BCUT2D eigenvalue weighted by Gasteiger charge is 2.38. The van der Waals surface area contributed by atoms with E-state index in [-0.39, 0.29) is 23.1 Å². The van der Waals surface area contributed by atoms with Crippen LogP contribution in [0.4, 0.5) is 10.5 Å². The van der Waals surface area contributed by atoms with Crippen LogP contribution < -0.4 is 15.6 Å². The van der Waals surface area contributed by atoms with Gasteiger partial charge in [0.15, 0.2) is 0 Å². The molecule has 1 aromatic heterocycles. The first-order valence-electron chi connectivity index (χ1n) is 15.5. The molecule has 2 amide bonds. The molecular weight excluding hydrogens is 618 g/mol. The number of hydrogen-bond acceptors (Lipinski definition) is 7. The van der Waals surface area contributed by atoms with Crippen LogP contribution in [0.25, 0.3) is 10.8 Å². The third kappa shape index (κ3) is 7.38. The maximum atomic E-state index is 14.4. The largest absolute Gasteiger partial charge is 0.443 e. The summed E-state index contributed by atoms with van der Waals surface area (Å²) in [5.41, 5.74) is 4.43. The number of rotatable bonds is 8. The summed E-state index contributed by atoms with van der Waals surface area (Å²) in [6.45, 7) is 5.86. The SMILES string of the molecule is CC(C)(C)OC(=O)N(c1cccn(C(Cc2ccc(C(=N)N)cc2)C(=O)N2CCCCC2)c1=O)S(=O)(=O)c1ccc2ccccc2c1. The number of fused-ring (bicyclic) bond motifs is 1. The van der Waals surface area contributed by atoms with Gasteiger partial charge in [0, 0.05) is 31.3 Å². The molecule has 3 N–H and O–H groups in total. The lowest BCUT2D eigenvalue weighted by Gasteiger charge is -2.32. The minimum atomic E-state index is -4.68. The summed E-state index contributed by atoms with van der Waals surface area (Å²) in [7, 11) is -4.68. The first-order valence-corrected chi connectivity index (χ1v) is 16.9. The molecule has 1 aliphatic rings. The van der Waals surface area contributed by atoms with Crippen molar-refractivity contribution in [3.63, 3.8) is 0 Å². The fourth-order valence-electron chi connectivity index (χ4n) is 5.63. The van der Waals surface area contributed by atoms with Crippen LogP contribution in [-0.2, 0) is 26.0 Å². The number of ether oxygens (including phenoxy) is 1. The Balaban J connectivity index is 1.64. The van der Waals surface area contributed by atoms with Crippen LogP contribution in [0.15, 0.2) is 94.7 Å². The Morgan fingerprint density at radius 1 is 0.936 bits per heavy atom. The number of nitrogen functional groups attached to an aromatic ring is 1. The number of anilines is 1. The number of likely N-dealkylation sites (tertiary alicyclic amines) is 1. The quantitative estimate of drug-likeness (QED) is 0.195. The van der Waals surface area contributed by atoms with Gasteiger partial charge in [-0.15, -0.1) is 0 Å². The van der Waals surface area contributed by atoms with Crippen LogP contribution in [0.3, 0.4) is 0 Å². The lowest BCUT2D eigenvalue weighted by molar-refractivity contribution is -0.135. The fraction of sp³-hybridized carbons (Fsp3) is 0.314. The molecule has 0 aliphatic carbocycles. The van der Waals surface area contributed by atoms with E-state index in [1.165, 1.54) is 35.0 Å². The van der Waals surface area contributed by atoms with E-state index in [1.54, 1.807) is 68.1 Å². The average molecular weight is 658 g/mol. The second kappa shape index (κ2) is 13.4. The van der Waals surface area contributed by atoms with E-state index in [1.807, 2.05) is 12.1 Å². The molecule has 1 saturated heterocycles. The van der Waals surface area contributed by atoms with Gasteiger partial charge in [0.2, 0.25) is 5.91 Å². The number of pyridine rings is 1. The van der Waals surface area contributed by atoms with Gasteiger partial charge in [-0.2, -0.15) is 4.31 Å². The van der Waals surface area contributed by atoms with Gasteiger partial charge in [-0.3, -0.25) is 15.0 Å². The zero-order chi connectivity index (χ0) is 33.9. The number of aromatic nitrogens is 1. The second-order valence-corrected chi connectivity index (χ2v) is 14.4. The molecule has 0 spiro atoms. The zero-order valence-corrected chi connectivity index (χ0v) is 27.5. The number of benzene rings is 3. The fourth-order valence-corrected chi connectivity index (χ4v) is 6.99. The molecule has 11 nitrogen and oxygen atoms in total. The Bertz CT molecular complexity index is 1980. The van der Waals surface area contributed by atoms with Gasteiger partial charge < -0.3 is 19.9 Å². The second-order valence-electron chi connectivity index (χ2n) is 12.6. The zero-order valence-electron chi connectivity index (χ0n) is 26.7. The highest BCUT2D eigenvalue weighted by Crippen LogP contribution is 2.28. The minimum Gasteiger partial charge on any atom is -0.443 e. The third-order valence-corrected chi connectivity index (χ3v) is 9.65. The Hall–Kier alpha value is -4.97. The summed E-state index contributed by atoms with van der Waals surface area (Å²) in [4.78, 5) is 43.7. The number of amidine groups is 1. The Labute approximate surface area is 274 Å². The van der Waals surface area contributed by atoms with Crippen LogP contribution in [0.2, 0.25) is 0 Å². The minimum absolute atomic E-state index is 0.0980. The van der Waals surface area contributed by atoms with Gasteiger partial charge in [-0.1, -0.05) is 54.6 Å². The molecule has 2 heterocycles. The number of carbonyl (C=O) groups is 2. The lowest BCUT2D eigenvalue weighted by atomic mass is 10.0. The van der Waals surface area contributed by atoms with E-state index < -0.39 is 39.0 Å². The van der Waals surface area contributed by atoms with E-state index in [0.29, 0.717) is 33.9 Å². The summed E-state index contributed by atoms with van der Waals surface area (Å²) in [6, 6.07) is 20.1. The van der Waals surface area contributed by atoms with Crippen molar-refractivity contribution in [2.24, 2.45) is 5.73 Å². The van der Waals surface area contributed by atoms with Crippen molar-refractivity contribution in [2.75, 3.05) is 17.4 Å². The van der Waals surface area contributed by atoms with Crippen molar-refractivity contribution in [3.8, 4) is 0 Å². The highest BCUT2D eigenvalue weighted by atomic mass is 32.2.